The minimum atomic E-state index is -4.16. The summed E-state index contributed by atoms with van der Waals surface area (Å²) < 4.78 is 35.1. The monoisotopic (exact) mass is 641 g/mol. The molecule has 0 aromatic heterocycles. The van der Waals surface area contributed by atoms with Gasteiger partial charge in [-0.05, 0) is 72.9 Å². The van der Waals surface area contributed by atoms with Gasteiger partial charge >= 0.3 is 0 Å². The van der Waals surface area contributed by atoms with Gasteiger partial charge in [0.15, 0.2) is 0 Å². The van der Waals surface area contributed by atoms with Gasteiger partial charge in [-0.15, -0.1) is 0 Å². The normalized spacial score (nSPS) is 11.8. The number of amides is 2. The van der Waals surface area contributed by atoms with Crippen molar-refractivity contribution in [1.29, 1.82) is 0 Å². The summed E-state index contributed by atoms with van der Waals surface area (Å²) in [5.41, 5.74) is 3.59. The first-order chi connectivity index (χ1) is 22.1. The molecule has 0 radical (unpaired) electrons. The van der Waals surface area contributed by atoms with Crippen LogP contribution in [-0.2, 0) is 32.6 Å². The number of unbranched alkanes of at least 4 members (excludes halogenated alkanes) is 1. The van der Waals surface area contributed by atoms with Crippen LogP contribution in [0.15, 0.2) is 108 Å². The average molecular weight is 642 g/mol. The molecule has 0 bridgehead atoms. The van der Waals surface area contributed by atoms with Gasteiger partial charge in [0.2, 0.25) is 11.8 Å². The first kappa shape index (κ1) is 34.2. The number of nitrogens with zero attached hydrogens (tertiary/aromatic N) is 2. The second-order valence-corrected chi connectivity index (χ2v) is 13.2. The molecule has 0 saturated heterocycles. The van der Waals surface area contributed by atoms with Crippen molar-refractivity contribution in [2.24, 2.45) is 0 Å². The van der Waals surface area contributed by atoms with Crippen LogP contribution in [0.4, 0.5) is 5.69 Å². The number of sulfonamides is 1. The van der Waals surface area contributed by atoms with E-state index in [0.717, 1.165) is 29.5 Å². The quantitative estimate of drug-likeness (QED) is 0.159. The number of hydrogen-bond acceptors (Lipinski definition) is 5. The number of carbonyl (C=O) groups excluding carboxylic acids is 2. The molecule has 0 saturated carbocycles. The zero-order valence-electron chi connectivity index (χ0n) is 27.0. The third-order valence-electron chi connectivity index (χ3n) is 7.83. The van der Waals surface area contributed by atoms with E-state index in [4.69, 9.17) is 4.74 Å². The summed E-state index contributed by atoms with van der Waals surface area (Å²) in [6.45, 7) is 5.78. The third kappa shape index (κ3) is 8.75. The maximum atomic E-state index is 14.6. The minimum absolute atomic E-state index is 0.0702. The van der Waals surface area contributed by atoms with Crippen molar-refractivity contribution in [2.75, 3.05) is 24.5 Å². The number of anilines is 1. The van der Waals surface area contributed by atoms with Crippen LogP contribution < -0.4 is 14.4 Å². The molecule has 1 atom stereocenters. The molecule has 4 aromatic carbocycles. The highest BCUT2D eigenvalue weighted by molar-refractivity contribution is 7.92. The van der Waals surface area contributed by atoms with Crippen molar-refractivity contribution in [2.45, 2.75) is 57.5 Å². The molecule has 0 aliphatic heterocycles. The summed E-state index contributed by atoms with van der Waals surface area (Å²) in [6.07, 6.45) is 1.95. The molecule has 0 aliphatic rings. The van der Waals surface area contributed by atoms with Crippen LogP contribution in [0, 0.1) is 13.8 Å². The van der Waals surface area contributed by atoms with Gasteiger partial charge in [-0.2, -0.15) is 0 Å². The van der Waals surface area contributed by atoms with Gasteiger partial charge < -0.3 is 15.0 Å². The van der Waals surface area contributed by atoms with Crippen LogP contribution in [0.3, 0.4) is 0 Å². The maximum Gasteiger partial charge on any atom is 0.264 e. The molecule has 1 N–H and O–H groups in total. The number of aryl methyl sites for hydroxylation is 2. The number of benzene rings is 4. The average Bonchev–Trinajstić information content (AvgIpc) is 3.07. The molecule has 4 aromatic rings. The van der Waals surface area contributed by atoms with Gasteiger partial charge in [0.1, 0.15) is 18.3 Å². The summed E-state index contributed by atoms with van der Waals surface area (Å²) in [5, 5.41) is 3.02. The van der Waals surface area contributed by atoms with E-state index in [1.54, 1.807) is 31.4 Å². The minimum Gasteiger partial charge on any atom is -0.497 e. The number of methoxy groups -OCH3 is 1. The smallest absolute Gasteiger partial charge is 0.264 e. The summed E-state index contributed by atoms with van der Waals surface area (Å²) in [5.74, 6) is -0.187. The molecular formula is C37H43N3O5S. The summed E-state index contributed by atoms with van der Waals surface area (Å²) in [7, 11) is -2.60. The van der Waals surface area contributed by atoms with Gasteiger partial charge in [-0.25, -0.2) is 8.42 Å². The fourth-order valence-corrected chi connectivity index (χ4v) is 6.74. The lowest BCUT2D eigenvalue weighted by atomic mass is 10.0. The molecule has 2 amide bonds. The molecule has 46 heavy (non-hydrogen) atoms. The molecule has 0 heterocycles. The lowest BCUT2D eigenvalue weighted by molar-refractivity contribution is -0.140. The van der Waals surface area contributed by atoms with Crippen molar-refractivity contribution < 1.29 is 22.7 Å². The molecule has 9 heteroatoms. The van der Waals surface area contributed by atoms with Crippen LogP contribution in [0.2, 0.25) is 0 Å². The van der Waals surface area contributed by atoms with Crippen LogP contribution in [0.1, 0.15) is 42.0 Å². The van der Waals surface area contributed by atoms with E-state index in [2.05, 4.69) is 5.32 Å². The zero-order valence-corrected chi connectivity index (χ0v) is 27.8. The predicted octanol–water partition coefficient (Wildman–Crippen LogP) is 6.06. The second kappa shape index (κ2) is 16.1. The molecule has 8 nitrogen and oxygen atoms in total. The van der Waals surface area contributed by atoms with Crippen LogP contribution in [0.25, 0.3) is 0 Å². The van der Waals surface area contributed by atoms with Crippen molar-refractivity contribution >= 4 is 27.5 Å². The molecule has 0 unspecified atom stereocenters. The number of hydrogen-bond donors (Lipinski definition) is 1. The Morgan fingerprint density at radius 3 is 2.20 bits per heavy atom. The Bertz CT molecular complexity index is 1710. The molecule has 242 valence electrons. The molecule has 0 fully saturated rings. The molecule has 0 aliphatic carbocycles. The van der Waals surface area contributed by atoms with Crippen LogP contribution in [0.5, 0.6) is 5.75 Å². The Labute approximate surface area is 273 Å². The Morgan fingerprint density at radius 2 is 1.52 bits per heavy atom. The fourth-order valence-electron chi connectivity index (χ4n) is 5.25. The maximum absolute atomic E-state index is 14.6. The summed E-state index contributed by atoms with van der Waals surface area (Å²) in [6, 6.07) is 29.5. The highest BCUT2D eigenvalue weighted by Crippen LogP contribution is 2.29. The Hall–Kier alpha value is -4.63. The highest BCUT2D eigenvalue weighted by Gasteiger charge is 2.35. The Morgan fingerprint density at radius 1 is 0.848 bits per heavy atom. The van der Waals surface area contributed by atoms with E-state index < -0.39 is 28.5 Å². The van der Waals surface area contributed by atoms with Gasteiger partial charge in [-0.3, -0.25) is 13.9 Å². The zero-order chi connectivity index (χ0) is 33.1. The lowest BCUT2D eigenvalue weighted by Crippen LogP contribution is -2.53. The fraction of sp³-hybridized carbons (Fsp3) is 0.297. The number of nitrogens with one attached hydrogen (secondary N) is 1. The van der Waals surface area contributed by atoms with Crippen molar-refractivity contribution in [1.82, 2.24) is 10.2 Å². The molecular weight excluding hydrogens is 598 g/mol. The Kier molecular flexibility index (Phi) is 12.0. The van der Waals surface area contributed by atoms with Crippen molar-refractivity contribution in [3.8, 4) is 5.75 Å². The van der Waals surface area contributed by atoms with Crippen molar-refractivity contribution in [3.63, 3.8) is 0 Å². The Balaban J connectivity index is 1.82. The highest BCUT2D eigenvalue weighted by atomic mass is 32.2. The summed E-state index contributed by atoms with van der Waals surface area (Å²) in [4.78, 5) is 30.1. The van der Waals surface area contributed by atoms with E-state index in [1.807, 2.05) is 87.5 Å². The van der Waals surface area contributed by atoms with Gasteiger partial charge in [0.25, 0.3) is 10.0 Å². The third-order valence-corrected chi connectivity index (χ3v) is 9.61. The van der Waals surface area contributed by atoms with Gasteiger partial charge in [0, 0.05) is 19.5 Å². The standard InChI is InChI=1S/C37H43N3O5S/c1-5-6-22-38-37(42)35(25-30-14-9-7-10-15-30)39(26-31-16-13-17-32(24-31)45-4)36(41)27-40(34-23-28(2)20-21-29(34)3)46(43,44)33-18-11-8-12-19-33/h7-21,23-24,35H,5-6,22,25-27H2,1-4H3,(H,38,42)/t35-/m1/s1. The van der Waals surface area contributed by atoms with E-state index in [-0.39, 0.29) is 23.8 Å². The summed E-state index contributed by atoms with van der Waals surface area (Å²) >= 11 is 0. The van der Waals surface area contributed by atoms with Crippen LogP contribution >= 0.6 is 0 Å². The number of carbonyl (C=O) groups is 2. The lowest BCUT2D eigenvalue weighted by Gasteiger charge is -2.34. The number of ether oxygens (including phenoxy) is 1. The first-order valence-electron chi connectivity index (χ1n) is 15.5. The SMILES string of the molecule is CCCCNC(=O)[C@@H](Cc1ccccc1)N(Cc1cccc(OC)c1)C(=O)CN(c1cc(C)ccc1C)S(=O)(=O)c1ccccc1. The predicted molar refractivity (Wildman–Crippen MR) is 182 cm³/mol. The van der Waals surface area contributed by atoms with E-state index in [9.17, 15) is 18.0 Å². The van der Waals surface area contributed by atoms with Crippen molar-refractivity contribution in [3.05, 3.63) is 125 Å². The van der Waals surface area contributed by atoms with E-state index in [0.29, 0.717) is 23.5 Å². The largest absolute Gasteiger partial charge is 0.497 e. The van der Waals surface area contributed by atoms with E-state index in [1.165, 1.54) is 21.3 Å². The van der Waals surface area contributed by atoms with E-state index >= 15 is 0 Å². The molecule has 4 rings (SSSR count). The first-order valence-corrected chi connectivity index (χ1v) is 17.0. The topological polar surface area (TPSA) is 96.0 Å². The second-order valence-electron chi connectivity index (χ2n) is 11.3. The van der Waals surface area contributed by atoms with Gasteiger partial charge in [-0.1, -0.05) is 86.1 Å². The molecule has 0 spiro atoms. The van der Waals surface area contributed by atoms with Crippen LogP contribution in [-0.4, -0.2) is 51.4 Å². The van der Waals surface area contributed by atoms with Gasteiger partial charge in [0.05, 0.1) is 17.7 Å². The number of rotatable bonds is 15.